The monoisotopic (exact) mass is 360 g/mol. The Balaban J connectivity index is 2.05. The van der Waals surface area contributed by atoms with Crippen molar-refractivity contribution >= 4 is 29.2 Å². The van der Waals surface area contributed by atoms with Crippen LogP contribution in [0.4, 0.5) is 0 Å². The average molecular weight is 361 g/mol. The fraction of sp³-hybridized carbons (Fsp3) is 0. The van der Waals surface area contributed by atoms with Crippen LogP contribution >= 0.6 is 23.2 Å². The zero-order chi connectivity index (χ0) is 17.1. The quantitative estimate of drug-likeness (QED) is 0.667. The number of nitrogens with zero attached hydrogens (tertiary/aromatic N) is 2. The van der Waals surface area contributed by atoms with Crippen LogP contribution in [0, 0.1) is 0 Å². The molecule has 120 valence electrons. The van der Waals surface area contributed by atoms with Crippen LogP contribution in [0.1, 0.15) is 10.4 Å². The zero-order valence-corrected chi connectivity index (χ0v) is 13.6. The molecule has 0 fully saturated rings. The van der Waals surface area contributed by atoms with Gasteiger partial charge in [0.2, 0.25) is 5.88 Å². The molecule has 0 aliphatic carbocycles. The minimum atomic E-state index is -1.15. The van der Waals surface area contributed by atoms with E-state index < -0.39 is 5.97 Å². The molecular formula is C17H10Cl2N2O3. The first kappa shape index (κ1) is 16.2. The Morgan fingerprint density at radius 1 is 1.04 bits per heavy atom. The lowest BCUT2D eigenvalue weighted by Gasteiger charge is -2.10. The molecule has 5 nitrogen and oxygen atoms in total. The number of pyridine rings is 2. The molecule has 3 rings (SSSR count). The van der Waals surface area contributed by atoms with Gasteiger partial charge in [0, 0.05) is 11.8 Å². The number of carboxylic acid groups (broad SMARTS) is 1. The van der Waals surface area contributed by atoms with Gasteiger partial charge >= 0.3 is 5.97 Å². The lowest BCUT2D eigenvalue weighted by Crippen LogP contribution is -2.03. The summed E-state index contributed by atoms with van der Waals surface area (Å²) in [6.07, 6.45) is 1.55. The number of halogens is 2. The van der Waals surface area contributed by atoms with E-state index in [4.69, 9.17) is 27.9 Å². The maximum Gasteiger partial charge on any atom is 0.341 e. The first-order chi connectivity index (χ1) is 11.5. The van der Waals surface area contributed by atoms with Crippen molar-refractivity contribution in [1.82, 2.24) is 9.97 Å². The van der Waals surface area contributed by atoms with E-state index in [2.05, 4.69) is 9.97 Å². The smallest absolute Gasteiger partial charge is 0.341 e. The van der Waals surface area contributed by atoms with Crippen LogP contribution in [0.2, 0.25) is 10.2 Å². The van der Waals surface area contributed by atoms with Gasteiger partial charge in [0.15, 0.2) is 0 Å². The van der Waals surface area contributed by atoms with Crippen LogP contribution in [-0.4, -0.2) is 21.0 Å². The highest BCUT2D eigenvalue weighted by Crippen LogP contribution is 2.31. The normalized spacial score (nSPS) is 10.4. The Bertz CT molecular complexity index is 899. The standard InChI is InChI=1S/C17H10Cl2N2O3/c18-12-3-1-2-4-14(12)24-16-11(17(22)23)6-7-13(21-16)10-5-8-15(19)20-9-10/h1-9H,(H,22,23). The molecule has 24 heavy (non-hydrogen) atoms. The summed E-state index contributed by atoms with van der Waals surface area (Å²) in [5.41, 5.74) is 1.12. The molecule has 0 unspecified atom stereocenters. The molecule has 1 aromatic carbocycles. The van der Waals surface area contributed by atoms with Gasteiger partial charge in [-0.1, -0.05) is 35.3 Å². The Morgan fingerprint density at radius 3 is 2.50 bits per heavy atom. The van der Waals surface area contributed by atoms with Crippen molar-refractivity contribution in [3.63, 3.8) is 0 Å². The Morgan fingerprint density at radius 2 is 1.83 bits per heavy atom. The fourth-order valence-electron chi connectivity index (χ4n) is 2.00. The van der Waals surface area contributed by atoms with Gasteiger partial charge in [-0.3, -0.25) is 0 Å². The first-order valence-electron chi connectivity index (χ1n) is 6.83. The lowest BCUT2D eigenvalue weighted by atomic mass is 10.1. The van der Waals surface area contributed by atoms with Crippen molar-refractivity contribution in [3.8, 4) is 22.9 Å². The van der Waals surface area contributed by atoms with Gasteiger partial charge in [-0.05, 0) is 36.4 Å². The molecule has 2 aromatic heterocycles. The highest BCUT2D eigenvalue weighted by Gasteiger charge is 2.16. The predicted molar refractivity (Wildman–Crippen MR) is 91.0 cm³/mol. The van der Waals surface area contributed by atoms with Crippen LogP contribution in [0.3, 0.4) is 0 Å². The molecule has 0 amide bonds. The molecule has 2 heterocycles. The SMILES string of the molecule is O=C(O)c1ccc(-c2ccc(Cl)nc2)nc1Oc1ccccc1Cl. The number of aromatic carboxylic acids is 1. The topological polar surface area (TPSA) is 72.3 Å². The Hall–Kier alpha value is -2.63. The number of aromatic nitrogens is 2. The second kappa shape index (κ2) is 6.86. The van der Waals surface area contributed by atoms with Crippen LogP contribution in [0.5, 0.6) is 11.6 Å². The molecule has 0 atom stereocenters. The van der Waals surface area contributed by atoms with E-state index in [0.29, 0.717) is 27.2 Å². The minimum absolute atomic E-state index is 0.0527. The van der Waals surface area contributed by atoms with Gasteiger partial charge in [0.1, 0.15) is 16.5 Å². The number of para-hydroxylation sites is 1. The van der Waals surface area contributed by atoms with Crippen molar-refractivity contribution < 1.29 is 14.6 Å². The summed E-state index contributed by atoms with van der Waals surface area (Å²) in [5.74, 6) is -0.881. The summed E-state index contributed by atoms with van der Waals surface area (Å²) >= 11 is 11.8. The highest BCUT2D eigenvalue weighted by atomic mass is 35.5. The summed E-state index contributed by atoms with van der Waals surface area (Å²) in [7, 11) is 0. The van der Waals surface area contributed by atoms with Crippen molar-refractivity contribution in [3.05, 3.63) is 70.5 Å². The minimum Gasteiger partial charge on any atom is -0.477 e. The summed E-state index contributed by atoms with van der Waals surface area (Å²) in [5, 5.41) is 10.0. The molecule has 0 radical (unpaired) electrons. The predicted octanol–water partition coefficient (Wildman–Crippen LogP) is 4.94. The van der Waals surface area contributed by atoms with E-state index in [0.717, 1.165) is 0 Å². The number of rotatable bonds is 4. The molecular weight excluding hydrogens is 351 g/mol. The van der Waals surface area contributed by atoms with Crippen LogP contribution < -0.4 is 4.74 Å². The number of hydrogen-bond acceptors (Lipinski definition) is 4. The van der Waals surface area contributed by atoms with Gasteiger partial charge in [0.25, 0.3) is 0 Å². The largest absolute Gasteiger partial charge is 0.477 e. The summed E-state index contributed by atoms with van der Waals surface area (Å²) < 4.78 is 5.62. The van der Waals surface area contributed by atoms with Crippen molar-refractivity contribution in [2.45, 2.75) is 0 Å². The summed E-state index contributed by atoms with van der Waals surface area (Å²) in [4.78, 5) is 19.7. The first-order valence-corrected chi connectivity index (χ1v) is 7.59. The van der Waals surface area contributed by atoms with E-state index in [9.17, 15) is 9.90 Å². The van der Waals surface area contributed by atoms with Gasteiger partial charge in [0.05, 0.1) is 10.7 Å². The number of benzene rings is 1. The second-order valence-electron chi connectivity index (χ2n) is 4.76. The third-order valence-corrected chi connectivity index (χ3v) is 3.69. The molecule has 0 spiro atoms. The average Bonchev–Trinajstić information content (AvgIpc) is 2.57. The van der Waals surface area contributed by atoms with Crippen LogP contribution in [-0.2, 0) is 0 Å². The summed E-state index contributed by atoms with van der Waals surface area (Å²) in [6, 6.07) is 13.1. The number of hydrogen-bond donors (Lipinski definition) is 1. The van der Waals surface area contributed by atoms with E-state index in [1.54, 1.807) is 48.7 Å². The second-order valence-corrected chi connectivity index (χ2v) is 5.55. The third kappa shape index (κ3) is 3.48. The van der Waals surface area contributed by atoms with Gasteiger partial charge in [-0.2, -0.15) is 0 Å². The fourth-order valence-corrected chi connectivity index (χ4v) is 2.29. The Labute approximate surface area is 147 Å². The van der Waals surface area contributed by atoms with E-state index in [1.165, 1.54) is 6.07 Å². The van der Waals surface area contributed by atoms with Gasteiger partial charge in [-0.15, -0.1) is 0 Å². The number of carbonyl (C=O) groups is 1. The van der Waals surface area contributed by atoms with Crippen LogP contribution in [0.15, 0.2) is 54.7 Å². The van der Waals surface area contributed by atoms with Crippen molar-refractivity contribution in [2.75, 3.05) is 0 Å². The highest BCUT2D eigenvalue weighted by molar-refractivity contribution is 6.32. The molecule has 1 N–H and O–H groups in total. The maximum atomic E-state index is 11.4. The van der Waals surface area contributed by atoms with E-state index in [1.807, 2.05) is 0 Å². The number of ether oxygens (including phenoxy) is 1. The lowest BCUT2D eigenvalue weighted by molar-refractivity contribution is 0.0693. The molecule has 0 saturated carbocycles. The van der Waals surface area contributed by atoms with E-state index >= 15 is 0 Å². The third-order valence-electron chi connectivity index (χ3n) is 3.16. The summed E-state index contributed by atoms with van der Waals surface area (Å²) in [6.45, 7) is 0. The van der Waals surface area contributed by atoms with E-state index in [-0.39, 0.29) is 11.4 Å². The van der Waals surface area contributed by atoms with Crippen molar-refractivity contribution in [2.24, 2.45) is 0 Å². The number of carboxylic acids is 1. The maximum absolute atomic E-state index is 11.4. The molecule has 3 aromatic rings. The van der Waals surface area contributed by atoms with Gasteiger partial charge < -0.3 is 9.84 Å². The van der Waals surface area contributed by atoms with Crippen molar-refractivity contribution in [1.29, 1.82) is 0 Å². The molecule has 0 aliphatic rings. The zero-order valence-electron chi connectivity index (χ0n) is 12.1. The van der Waals surface area contributed by atoms with Crippen LogP contribution in [0.25, 0.3) is 11.3 Å². The molecule has 0 bridgehead atoms. The van der Waals surface area contributed by atoms with Gasteiger partial charge in [-0.25, -0.2) is 14.8 Å². The Kier molecular flexibility index (Phi) is 4.64. The molecule has 7 heteroatoms. The molecule has 0 saturated heterocycles. The molecule has 0 aliphatic heterocycles.